The predicted octanol–water partition coefficient (Wildman–Crippen LogP) is 1.05. The van der Waals surface area contributed by atoms with E-state index in [1.54, 1.807) is 19.9 Å². The molecular formula is C16H20N6O5S2. The van der Waals surface area contributed by atoms with E-state index < -0.39 is 27.2 Å². The highest BCUT2D eigenvalue weighted by molar-refractivity contribution is 8.00. The third-order valence-electron chi connectivity index (χ3n) is 3.98. The van der Waals surface area contributed by atoms with E-state index in [-0.39, 0.29) is 10.7 Å². The smallest absolute Gasteiger partial charge is 0.328 e. The molecule has 1 atom stereocenters. The number of imide groups is 1. The number of amides is 3. The number of nitrogens with zero attached hydrogens (tertiary/aromatic N) is 4. The molecule has 0 radical (unpaired) electrons. The first-order chi connectivity index (χ1) is 13.6. The Morgan fingerprint density at radius 1 is 1.31 bits per heavy atom. The molecule has 2 heterocycles. The maximum atomic E-state index is 12.4. The van der Waals surface area contributed by atoms with Gasteiger partial charge in [-0.25, -0.2) is 21.9 Å². The van der Waals surface area contributed by atoms with Gasteiger partial charge in [-0.15, -0.1) is 5.10 Å². The minimum absolute atomic E-state index is 0.0874. The standard InChI is InChI=1S/C16H20N6O5S2/c1-5-17-14(24)18-13(23)9(2)28-16-20-19-15-22(16)11-8-10(6-7-12(11)27-15)29(25,26)21(3)4/h6-9H,5H2,1-4H3,(H2,17,18,23,24)/t9-/m1/s1. The number of aromatic nitrogens is 3. The van der Waals surface area contributed by atoms with E-state index in [0.29, 0.717) is 22.8 Å². The Labute approximate surface area is 170 Å². The average Bonchev–Trinajstić information content (AvgIpc) is 3.20. The van der Waals surface area contributed by atoms with Crippen molar-refractivity contribution in [3.8, 4) is 0 Å². The van der Waals surface area contributed by atoms with Crippen molar-refractivity contribution in [2.24, 2.45) is 0 Å². The second-order valence-electron chi connectivity index (χ2n) is 6.23. The van der Waals surface area contributed by atoms with Gasteiger partial charge < -0.3 is 9.73 Å². The first-order valence-electron chi connectivity index (χ1n) is 8.60. The number of carbonyl (C=O) groups is 2. The van der Waals surface area contributed by atoms with Crippen LogP contribution >= 0.6 is 11.8 Å². The molecule has 3 rings (SSSR count). The van der Waals surface area contributed by atoms with Crippen LogP contribution in [-0.4, -0.2) is 65.1 Å². The van der Waals surface area contributed by atoms with Crippen molar-refractivity contribution >= 4 is 50.7 Å². The van der Waals surface area contributed by atoms with Crippen molar-refractivity contribution in [1.82, 2.24) is 29.5 Å². The summed E-state index contributed by atoms with van der Waals surface area (Å²) in [6.07, 6.45) is 0. The maximum Gasteiger partial charge on any atom is 0.328 e. The van der Waals surface area contributed by atoms with Crippen molar-refractivity contribution in [1.29, 1.82) is 0 Å². The van der Waals surface area contributed by atoms with Gasteiger partial charge in [0, 0.05) is 20.6 Å². The normalized spacial score (nSPS) is 13.1. The van der Waals surface area contributed by atoms with Gasteiger partial charge in [0.25, 0.3) is 0 Å². The Balaban J connectivity index is 1.95. The van der Waals surface area contributed by atoms with Gasteiger partial charge >= 0.3 is 11.9 Å². The lowest BCUT2D eigenvalue weighted by atomic mass is 10.3. The number of carbonyl (C=O) groups excluding carboxylic acids is 2. The zero-order valence-corrected chi connectivity index (χ0v) is 17.8. The molecule has 0 spiro atoms. The van der Waals surface area contributed by atoms with Gasteiger partial charge in [-0.05, 0) is 32.0 Å². The molecule has 0 bridgehead atoms. The molecule has 0 unspecified atom stereocenters. The molecule has 0 aliphatic heterocycles. The molecule has 0 saturated carbocycles. The highest BCUT2D eigenvalue weighted by Crippen LogP contribution is 2.29. The number of oxazole rings is 1. The zero-order valence-electron chi connectivity index (χ0n) is 16.2. The molecule has 3 amide bonds. The van der Waals surface area contributed by atoms with Gasteiger partial charge in [0.2, 0.25) is 15.9 Å². The van der Waals surface area contributed by atoms with Gasteiger partial charge in [-0.1, -0.05) is 16.9 Å². The molecule has 0 aliphatic rings. The lowest BCUT2D eigenvalue weighted by Gasteiger charge is -2.11. The average molecular weight is 441 g/mol. The summed E-state index contributed by atoms with van der Waals surface area (Å²) in [6, 6.07) is 3.88. The number of thioether (sulfide) groups is 1. The van der Waals surface area contributed by atoms with E-state index >= 15 is 0 Å². The van der Waals surface area contributed by atoms with E-state index in [4.69, 9.17) is 4.42 Å². The second kappa shape index (κ2) is 8.00. The van der Waals surface area contributed by atoms with Crippen LogP contribution in [0.4, 0.5) is 4.79 Å². The van der Waals surface area contributed by atoms with Crippen molar-refractivity contribution < 1.29 is 22.4 Å². The number of rotatable bonds is 6. The van der Waals surface area contributed by atoms with Crippen molar-refractivity contribution in [3.05, 3.63) is 18.2 Å². The van der Waals surface area contributed by atoms with Gasteiger partial charge in [0.05, 0.1) is 15.7 Å². The number of urea groups is 1. The molecule has 1 aromatic carbocycles. The summed E-state index contributed by atoms with van der Waals surface area (Å²) in [5.41, 5.74) is 0.876. The topological polar surface area (TPSA) is 139 Å². The monoisotopic (exact) mass is 440 g/mol. The Hall–Kier alpha value is -2.64. The lowest BCUT2D eigenvalue weighted by molar-refractivity contribution is -0.119. The van der Waals surface area contributed by atoms with E-state index in [0.717, 1.165) is 16.1 Å². The molecular weight excluding hydrogens is 420 g/mol. The minimum atomic E-state index is -3.64. The number of hydrogen-bond acceptors (Lipinski definition) is 8. The Bertz CT molecular complexity index is 1180. The summed E-state index contributed by atoms with van der Waals surface area (Å²) in [7, 11) is -0.756. The Morgan fingerprint density at radius 2 is 2.03 bits per heavy atom. The number of hydrogen-bond donors (Lipinski definition) is 2. The zero-order chi connectivity index (χ0) is 21.3. The van der Waals surface area contributed by atoms with Crippen molar-refractivity contribution in [2.75, 3.05) is 20.6 Å². The van der Waals surface area contributed by atoms with Crippen LogP contribution in [0.3, 0.4) is 0 Å². The van der Waals surface area contributed by atoms with Crippen LogP contribution < -0.4 is 10.6 Å². The molecule has 2 aromatic heterocycles. The molecule has 0 aliphatic carbocycles. The fourth-order valence-corrected chi connectivity index (χ4v) is 4.24. The van der Waals surface area contributed by atoms with Gasteiger partial charge in [0.15, 0.2) is 10.7 Å². The molecule has 3 aromatic rings. The van der Waals surface area contributed by atoms with E-state index in [9.17, 15) is 18.0 Å². The quantitative estimate of drug-likeness (QED) is 0.542. The van der Waals surface area contributed by atoms with Crippen LogP contribution in [0.25, 0.3) is 16.9 Å². The van der Waals surface area contributed by atoms with E-state index in [2.05, 4.69) is 20.8 Å². The van der Waals surface area contributed by atoms with Crippen molar-refractivity contribution in [2.45, 2.75) is 29.1 Å². The lowest BCUT2D eigenvalue weighted by Crippen LogP contribution is -2.42. The summed E-state index contributed by atoms with van der Waals surface area (Å²) in [4.78, 5) is 23.8. The third-order valence-corrected chi connectivity index (χ3v) is 6.83. The first-order valence-corrected chi connectivity index (χ1v) is 10.9. The summed E-state index contributed by atoms with van der Waals surface area (Å²) < 4.78 is 33.1. The fraction of sp³-hybridized carbons (Fsp3) is 0.375. The third kappa shape index (κ3) is 4.06. The molecule has 11 nitrogen and oxygen atoms in total. The summed E-state index contributed by atoms with van der Waals surface area (Å²) >= 11 is 1.06. The van der Waals surface area contributed by atoms with E-state index in [1.807, 2.05) is 0 Å². The molecule has 13 heteroatoms. The van der Waals surface area contributed by atoms with Gasteiger partial charge in [-0.3, -0.25) is 10.1 Å². The molecule has 29 heavy (non-hydrogen) atoms. The van der Waals surface area contributed by atoms with Gasteiger partial charge in [0.1, 0.15) is 0 Å². The van der Waals surface area contributed by atoms with Gasteiger partial charge in [-0.2, -0.15) is 0 Å². The molecule has 0 fully saturated rings. The van der Waals surface area contributed by atoms with E-state index in [1.165, 1.54) is 30.6 Å². The predicted molar refractivity (Wildman–Crippen MR) is 106 cm³/mol. The summed E-state index contributed by atoms with van der Waals surface area (Å²) in [5.74, 6) is -0.334. The van der Waals surface area contributed by atoms with Crippen LogP contribution in [0.2, 0.25) is 0 Å². The van der Waals surface area contributed by atoms with Crippen LogP contribution in [0, 0.1) is 0 Å². The second-order valence-corrected chi connectivity index (χ2v) is 9.69. The Morgan fingerprint density at radius 3 is 2.69 bits per heavy atom. The molecule has 0 saturated heterocycles. The summed E-state index contributed by atoms with van der Waals surface area (Å²) in [5, 5.41) is 12.3. The minimum Gasteiger partial charge on any atom is -0.422 e. The van der Waals surface area contributed by atoms with Crippen LogP contribution in [-0.2, 0) is 14.8 Å². The number of sulfonamides is 1. The molecule has 156 valence electrons. The van der Waals surface area contributed by atoms with Crippen LogP contribution in [0.1, 0.15) is 13.8 Å². The van der Waals surface area contributed by atoms with Crippen LogP contribution in [0.15, 0.2) is 32.7 Å². The largest absolute Gasteiger partial charge is 0.422 e. The van der Waals surface area contributed by atoms with Crippen LogP contribution in [0.5, 0.6) is 0 Å². The first kappa shape index (κ1) is 21.1. The number of fused-ring (bicyclic) bond motifs is 3. The fourth-order valence-electron chi connectivity index (χ4n) is 2.46. The number of benzene rings is 1. The highest BCUT2D eigenvalue weighted by atomic mass is 32.2. The SMILES string of the molecule is CCNC(=O)NC(=O)[C@@H](C)Sc1nnc2oc3ccc(S(=O)(=O)N(C)C)cc3n12. The molecule has 2 N–H and O–H groups in total. The maximum absolute atomic E-state index is 12.4. The van der Waals surface area contributed by atoms with Crippen molar-refractivity contribution in [3.63, 3.8) is 0 Å². The Kier molecular flexibility index (Phi) is 5.82. The highest BCUT2D eigenvalue weighted by Gasteiger charge is 2.24. The number of nitrogens with one attached hydrogen (secondary N) is 2. The summed E-state index contributed by atoms with van der Waals surface area (Å²) in [6.45, 7) is 3.75.